The van der Waals surface area contributed by atoms with E-state index in [4.69, 9.17) is 11.6 Å². The highest BCUT2D eigenvalue weighted by Crippen LogP contribution is 2.15. The molecule has 72 valence electrons. The van der Waals surface area contributed by atoms with Crippen LogP contribution in [0.25, 0.3) is 5.52 Å². The Balaban J connectivity index is 2.64. The number of carbonyl (C=O) groups excluding carboxylic acids is 1. The molecule has 4 nitrogen and oxygen atoms in total. The van der Waals surface area contributed by atoms with Gasteiger partial charge >= 0.3 is 5.97 Å². The third kappa shape index (κ3) is 1.33. The van der Waals surface area contributed by atoms with Crippen molar-refractivity contribution in [2.75, 3.05) is 7.11 Å². The number of hydrogen-bond donors (Lipinski definition) is 0. The molecule has 0 spiro atoms. The van der Waals surface area contributed by atoms with Gasteiger partial charge in [-0.1, -0.05) is 11.6 Å². The fourth-order valence-corrected chi connectivity index (χ4v) is 1.49. The Bertz CT molecular complexity index is 493. The van der Waals surface area contributed by atoms with Crippen LogP contribution in [0.4, 0.5) is 0 Å². The predicted molar refractivity (Wildman–Crippen MR) is 51.5 cm³/mol. The van der Waals surface area contributed by atoms with E-state index in [-0.39, 0.29) is 0 Å². The van der Waals surface area contributed by atoms with E-state index >= 15 is 0 Å². The van der Waals surface area contributed by atoms with Crippen molar-refractivity contribution < 1.29 is 9.53 Å². The molecule has 0 fully saturated rings. The van der Waals surface area contributed by atoms with Crippen molar-refractivity contribution in [3.63, 3.8) is 0 Å². The van der Waals surface area contributed by atoms with Gasteiger partial charge in [-0.05, 0) is 18.2 Å². The Morgan fingerprint density at radius 3 is 3.07 bits per heavy atom. The van der Waals surface area contributed by atoms with Crippen molar-refractivity contribution >= 4 is 23.1 Å². The molecule has 0 amide bonds. The topological polar surface area (TPSA) is 43.6 Å². The molecule has 0 aliphatic carbocycles. The lowest BCUT2D eigenvalue weighted by molar-refractivity contribution is 0.0600. The van der Waals surface area contributed by atoms with E-state index in [1.54, 1.807) is 18.3 Å². The third-order valence-electron chi connectivity index (χ3n) is 1.87. The van der Waals surface area contributed by atoms with E-state index in [0.29, 0.717) is 10.7 Å². The summed E-state index contributed by atoms with van der Waals surface area (Å²) in [5.74, 6) is -0.407. The highest BCUT2D eigenvalue weighted by atomic mass is 35.5. The first kappa shape index (κ1) is 9.02. The smallest absolute Gasteiger partial charge is 0.338 e. The molecule has 2 rings (SSSR count). The van der Waals surface area contributed by atoms with Crippen molar-refractivity contribution in [2.45, 2.75) is 0 Å². The normalized spacial score (nSPS) is 10.4. The highest BCUT2D eigenvalue weighted by molar-refractivity contribution is 6.30. The Morgan fingerprint density at radius 1 is 1.57 bits per heavy atom. The molecule has 0 saturated carbocycles. The van der Waals surface area contributed by atoms with Crippen molar-refractivity contribution in [3.8, 4) is 0 Å². The number of pyridine rings is 1. The summed E-state index contributed by atoms with van der Waals surface area (Å²) in [4.78, 5) is 11.2. The molecule has 0 atom stereocenters. The molecule has 0 aliphatic heterocycles. The third-order valence-corrected chi connectivity index (χ3v) is 2.14. The summed E-state index contributed by atoms with van der Waals surface area (Å²) in [5.41, 5.74) is 1.18. The van der Waals surface area contributed by atoms with Gasteiger partial charge in [0.15, 0.2) is 0 Å². The van der Waals surface area contributed by atoms with E-state index in [1.165, 1.54) is 17.7 Å². The predicted octanol–water partition coefficient (Wildman–Crippen LogP) is 1.77. The quantitative estimate of drug-likeness (QED) is 0.532. The van der Waals surface area contributed by atoms with E-state index in [1.807, 2.05) is 0 Å². The first-order valence-electron chi connectivity index (χ1n) is 3.94. The second-order valence-corrected chi connectivity index (χ2v) is 3.11. The number of hydrogen-bond acceptors (Lipinski definition) is 3. The summed E-state index contributed by atoms with van der Waals surface area (Å²) >= 11 is 5.90. The molecule has 5 heteroatoms. The second kappa shape index (κ2) is 3.31. The summed E-state index contributed by atoms with van der Waals surface area (Å²) in [7, 11) is 1.33. The van der Waals surface area contributed by atoms with Gasteiger partial charge in [-0.25, -0.2) is 9.31 Å². The lowest BCUT2D eigenvalue weighted by Gasteiger charge is -2.01. The van der Waals surface area contributed by atoms with Crippen molar-refractivity contribution in [1.29, 1.82) is 0 Å². The monoisotopic (exact) mass is 210 g/mol. The van der Waals surface area contributed by atoms with Crippen LogP contribution < -0.4 is 0 Å². The van der Waals surface area contributed by atoms with Crippen LogP contribution in [0, 0.1) is 0 Å². The number of esters is 1. The lowest BCUT2D eigenvalue weighted by Crippen LogP contribution is -2.02. The van der Waals surface area contributed by atoms with Crippen LogP contribution in [0.2, 0.25) is 5.15 Å². The molecule has 0 radical (unpaired) electrons. The molecule has 2 aromatic rings. The summed E-state index contributed by atoms with van der Waals surface area (Å²) < 4.78 is 6.13. The standard InChI is InChI=1S/C9H7ClN2O2/c1-14-9(13)6-4-7-2-3-11-12(7)8(10)5-6/h2-5H,1H3. The zero-order chi connectivity index (χ0) is 10.1. The van der Waals surface area contributed by atoms with Gasteiger partial charge in [0, 0.05) is 0 Å². The summed E-state index contributed by atoms with van der Waals surface area (Å²) in [6.07, 6.45) is 1.61. The Kier molecular flexibility index (Phi) is 2.13. The minimum atomic E-state index is -0.407. The highest BCUT2D eigenvalue weighted by Gasteiger charge is 2.09. The summed E-state index contributed by atoms with van der Waals surface area (Å²) in [6.45, 7) is 0. The first-order valence-corrected chi connectivity index (χ1v) is 4.32. The van der Waals surface area contributed by atoms with Crippen molar-refractivity contribution in [1.82, 2.24) is 9.61 Å². The molecule has 0 bridgehead atoms. The zero-order valence-corrected chi connectivity index (χ0v) is 8.15. The van der Waals surface area contributed by atoms with Gasteiger partial charge < -0.3 is 4.74 Å². The van der Waals surface area contributed by atoms with Crippen LogP contribution in [-0.2, 0) is 4.74 Å². The van der Waals surface area contributed by atoms with Gasteiger partial charge in [0.05, 0.1) is 24.4 Å². The maximum Gasteiger partial charge on any atom is 0.338 e. The largest absolute Gasteiger partial charge is 0.465 e. The lowest BCUT2D eigenvalue weighted by atomic mass is 10.2. The first-order chi connectivity index (χ1) is 6.72. The average Bonchev–Trinajstić information content (AvgIpc) is 2.64. The van der Waals surface area contributed by atoms with Gasteiger partial charge in [-0.3, -0.25) is 0 Å². The summed E-state index contributed by atoms with van der Waals surface area (Å²) in [5, 5.41) is 4.36. The Labute approximate surface area is 85.0 Å². The number of fused-ring (bicyclic) bond motifs is 1. The van der Waals surface area contributed by atoms with E-state index < -0.39 is 5.97 Å². The van der Waals surface area contributed by atoms with Gasteiger partial charge in [0.25, 0.3) is 0 Å². The van der Waals surface area contributed by atoms with Crippen LogP contribution >= 0.6 is 11.6 Å². The molecule has 2 aromatic heterocycles. The van der Waals surface area contributed by atoms with Gasteiger partial charge in [0.1, 0.15) is 5.15 Å². The SMILES string of the molecule is COC(=O)c1cc(Cl)n2nccc2c1. The number of rotatable bonds is 1. The molecular weight excluding hydrogens is 204 g/mol. The average molecular weight is 211 g/mol. The molecule has 14 heavy (non-hydrogen) atoms. The number of aromatic nitrogens is 2. The fraction of sp³-hybridized carbons (Fsp3) is 0.111. The molecule has 0 aliphatic rings. The van der Waals surface area contributed by atoms with Gasteiger partial charge in [-0.2, -0.15) is 5.10 Å². The van der Waals surface area contributed by atoms with E-state index in [9.17, 15) is 4.79 Å². The minimum absolute atomic E-state index is 0.382. The molecule has 2 heterocycles. The van der Waals surface area contributed by atoms with Crippen LogP contribution in [0.5, 0.6) is 0 Å². The molecule has 0 unspecified atom stereocenters. The molecular formula is C9H7ClN2O2. The van der Waals surface area contributed by atoms with Crippen LogP contribution in [0.3, 0.4) is 0 Å². The maximum atomic E-state index is 11.2. The summed E-state index contributed by atoms with van der Waals surface area (Å²) in [6, 6.07) is 4.95. The second-order valence-electron chi connectivity index (χ2n) is 2.73. The van der Waals surface area contributed by atoms with Crippen LogP contribution in [0.1, 0.15) is 10.4 Å². The number of carbonyl (C=O) groups is 1. The maximum absolute atomic E-state index is 11.2. The fourth-order valence-electron chi connectivity index (χ4n) is 1.23. The minimum Gasteiger partial charge on any atom is -0.465 e. The molecule has 0 aromatic carbocycles. The van der Waals surface area contributed by atoms with Crippen molar-refractivity contribution in [3.05, 3.63) is 35.1 Å². The Hall–Kier alpha value is -1.55. The number of ether oxygens (including phenoxy) is 1. The van der Waals surface area contributed by atoms with Crippen LogP contribution in [-0.4, -0.2) is 22.7 Å². The van der Waals surface area contributed by atoms with E-state index in [0.717, 1.165) is 5.52 Å². The van der Waals surface area contributed by atoms with E-state index in [2.05, 4.69) is 9.84 Å². The van der Waals surface area contributed by atoms with Gasteiger partial charge in [-0.15, -0.1) is 0 Å². The van der Waals surface area contributed by atoms with Crippen LogP contribution in [0.15, 0.2) is 24.4 Å². The molecule has 0 saturated heterocycles. The Morgan fingerprint density at radius 2 is 2.36 bits per heavy atom. The zero-order valence-electron chi connectivity index (χ0n) is 7.40. The number of methoxy groups -OCH3 is 1. The molecule has 0 N–H and O–H groups in total. The van der Waals surface area contributed by atoms with Gasteiger partial charge in [0.2, 0.25) is 0 Å². The number of halogens is 1. The van der Waals surface area contributed by atoms with Crippen molar-refractivity contribution in [2.24, 2.45) is 0 Å². The number of nitrogens with zero attached hydrogens (tertiary/aromatic N) is 2.